The molecule has 0 spiro atoms. The number of benzene rings is 2. The van der Waals surface area contributed by atoms with E-state index < -0.39 is 10.0 Å². The summed E-state index contributed by atoms with van der Waals surface area (Å²) in [6.45, 7) is 1.69. The Labute approximate surface area is 123 Å². The van der Waals surface area contributed by atoms with E-state index in [0.29, 0.717) is 16.3 Å². The number of hydrogen-bond acceptors (Lipinski definition) is 3. The second kappa shape index (κ2) is 5.34. The van der Waals surface area contributed by atoms with Crippen molar-refractivity contribution in [2.75, 3.05) is 17.1 Å². The number of nitrogens with two attached hydrogens (primary N) is 1. The summed E-state index contributed by atoms with van der Waals surface area (Å²) in [6.07, 6.45) is 0. The van der Waals surface area contributed by atoms with Crippen LogP contribution in [0.25, 0.3) is 0 Å². The first-order valence-corrected chi connectivity index (χ1v) is 7.75. The van der Waals surface area contributed by atoms with E-state index in [0.717, 1.165) is 0 Å². The lowest BCUT2D eigenvalue weighted by molar-refractivity contribution is 0.594. The van der Waals surface area contributed by atoms with Crippen molar-refractivity contribution in [3.63, 3.8) is 0 Å². The number of aryl methyl sites for hydroxylation is 1. The van der Waals surface area contributed by atoms with Gasteiger partial charge >= 0.3 is 0 Å². The SMILES string of the molecule is Cc1cc(Cl)c(N)cc1S(=O)(=O)N(C)c1ccccc1. The number of hydrogen-bond donors (Lipinski definition) is 1. The minimum absolute atomic E-state index is 0.158. The van der Waals surface area contributed by atoms with Crippen molar-refractivity contribution < 1.29 is 8.42 Å². The average Bonchev–Trinajstić information content (AvgIpc) is 2.42. The molecule has 0 fully saturated rings. The van der Waals surface area contributed by atoms with Crippen molar-refractivity contribution in [1.82, 2.24) is 0 Å². The lowest BCUT2D eigenvalue weighted by atomic mass is 10.2. The lowest BCUT2D eigenvalue weighted by Gasteiger charge is -2.21. The fourth-order valence-corrected chi connectivity index (χ4v) is 3.52. The first-order valence-electron chi connectivity index (χ1n) is 5.93. The monoisotopic (exact) mass is 310 g/mol. The molecule has 0 saturated carbocycles. The zero-order valence-electron chi connectivity index (χ0n) is 11.2. The molecule has 0 aliphatic heterocycles. The van der Waals surface area contributed by atoms with Crippen LogP contribution < -0.4 is 10.0 Å². The van der Waals surface area contributed by atoms with Crippen LogP contribution in [-0.4, -0.2) is 15.5 Å². The minimum atomic E-state index is -3.67. The van der Waals surface area contributed by atoms with Crippen molar-refractivity contribution in [3.8, 4) is 0 Å². The summed E-state index contributed by atoms with van der Waals surface area (Å²) in [5.74, 6) is 0. The van der Waals surface area contributed by atoms with E-state index in [9.17, 15) is 8.42 Å². The number of rotatable bonds is 3. The molecule has 0 aliphatic rings. The van der Waals surface area contributed by atoms with Crippen molar-refractivity contribution in [2.45, 2.75) is 11.8 Å². The van der Waals surface area contributed by atoms with Gasteiger partial charge in [0.2, 0.25) is 0 Å². The van der Waals surface area contributed by atoms with Crippen LogP contribution in [0.1, 0.15) is 5.56 Å². The largest absolute Gasteiger partial charge is 0.397 e. The summed E-state index contributed by atoms with van der Waals surface area (Å²) in [4.78, 5) is 0.158. The molecule has 0 amide bonds. The number of para-hydroxylation sites is 1. The molecule has 2 aromatic carbocycles. The Morgan fingerprint density at radius 3 is 2.35 bits per heavy atom. The topological polar surface area (TPSA) is 63.4 Å². The summed E-state index contributed by atoms with van der Waals surface area (Å²) in [5.41, 5.74) is 7.10. The summed E-state index contributed by atoms with van der Waals surface area (Å²) in [6, 6.07) is 11.8. The van der Waals surface area contributed by atoms with Crippen molar-refractivity contribution >= 4 is 33.0 Å². The summed E-state index contributed by atoms with van der Waals surface area (Å²) in [7, 11) is -2.16. The van der Waals surface area contributed by atoms with Gasteiger partial charge in [-0.25, -0.2) is 8.42 Å². The third-order valence-corrected chi connectivity index (χ3v) is 5.31. The van der Waals surface area contributed by atoms with Gasteiger partial charge in [0.1, 0.15) is 0 Å². The van der Waals surface area contributed by atoms with Gasteiger partial charge in [-0.15, -0.1) is 0 Å². The zero-order valence-corrected chi connectivity index (χ0v) is 12.7. The molecule has 20 heavy (non-hydrogen) atoms. The number of anilines is 2. The number of halogens is 1. The molecule has 6 heteroatoms. The van der Waals surface area contributed by atoms with E-state index in [1.165, 1.54) is 17.4 Å². The zero-order chi connectivity index (χ0) is 14.9. The lowest BCUT2D eigenvalue weighted by Crippen LogP contribution is -2.27. The van der Waals surface area contributed by atoms with E-state index in [1.54, 1.807) is 37.3 Å². The Morgan fingerprint density at radius 2 is 1.75 bits per heavy atom. The Kier molecular flexibility index (Phi) is 3.92. The molecular formula is C14H15ClN2O2S. The molecule has 0 aromatic heterocycles. The highest BCUT2D eigenvalue weighted by Gasteiger charge is 2.24. The molecule has 2 N–H and O–H groups in total. The maximum Gasteiger partial charge on any atom is 0.264 e. The summed E-state index contributed by atoms with van der Waals surface area (Å²) >= 11 is 5.90. The highest BCUT2D eigenvalue weighted by molar-refractivity contribution is 7.92. The van der Waals surface area contributed by atoms with Gasteiger partial charge in [-0.2, -0.15) is 0 Å². The standard InChI is InChI=1S/C14H15ClN2O2S/c1-10-8-12(15)13(16)9-14(10)20(18,19)17(2)11-6-4-3-5-7-11/h3-9H,16H2,1-2H3. The van der Waals surface area contributed by atoms with Gasteiger partial charge in [-0.3, -0.25) is 4.31 Å². The summed E-state index contributed by atoms with van der Waals surface area (Å²) in [5, 5.41) is 0.351. The van der Waals surface area contributed by atoms with Gasteiger partial charge < -0.3 is 5.73 Å². The Balaban J connectivity index is 2.54. The molecule has 106 valence electrons. The minimum Gasteiger partial charge on any atom is -0.397 e. The number of nitrogen functional groups attached to an aromatic ring is 1. The third-order valence-electron chi connectivity index (χ3n) is 3.05. The van der Waals surface area contributed by atoms with Gasteiger partial charge in [-0.05, 0) is 36.8 Å². The number of nitrogens with zero attached hydrogens (tertiary/aromatic N) is 1. The quantitative estimate of drug-likeness (QED) is 0.886. The fourth-order valence-electron chi connectivity index (χ4n) is 1.87. The molecule has 0 aliphatic carbocycles. The van der Waals surface area contributed by atoms with Gasteiger partial charge in [0.15, 0.2) is 0 Å². The smallest absolute Gasteiger partial charge is 0.264 e. The molecule has 4 nitrogen and oxygen atoms in total. The Bertz CT molecular complexity index is 730. The van der Waals surface area contributed by atoms with Crippen molar-refractivity contribution in [3.05, 3.63) is 53.1 Å². The second-order valence-electron chi connectivity index (χ2n) is 4.45. The molecule has 2 rings (SSSR count). The summed E-state index contributed by atoms with van der Waals surface area (Å²) < 4.78 is 26.5. The van der Waals surface area contributed by atoms with Crippen LogP contribution >= 0.6 is 11.6 Å². The molecule has 2 aromatic rings. The molecule has 0 saturated heterocycles. The van der Waals surface area contributed by atoms with Gasteiger partial charge in [0.05, 0.1) is 21.3 Å². The first kappa shape index (κ1) is 14.7. The number of sulfonamides is 1. The van der Waals surface area contributed by atoms with E-state index in [2.05, 4.69) is 0 Å². The van der Waals surface area contributed by atoms with Crippen LogP contribution in [-0.2, 0) is 10.0 Å². The maximum atomic E-state index is 12.6. The van der Waals surface area contributed by atoms with Gasteiger partial charge in [-0.1, -0.05) is 29.8 Å². The second-order valence-corrected chi connectivity index (χ2v) is 6.79. The van der Waals surface area contributed by atoms with Crippen LogP contribution in [0.15, 0.2) is 47.4 Å². The highest BCUT2D eigenvalue weighted by Crippen LogP contribution is 2.29. The van der Waals surface area contributed by atoms with Crippen LogP contribution in [0.2, 0.25) is 5.02 Å². The molecule has 0 radical (unpaired) electrons. The molecule has 0 bridgehead atoms. The molecule has 0 heterocycles. The molecular weight excluding hydrogens is 296 g/mol. The van der Waals surface area contributed by atoms with Crippen LogP contribution in [0.4, 0.5) is 11.4 Å². The van der Waals surface area contributed by atoms with Crippen molar-refractivity contribution in [2.24, 2.45) is 0 Å². The van der Waals surface area contributed by atoms with Crippen molar-refractivity contribution in [1.29, 1.82) is 0 Å². The predicted octanol–water partition coefficient (Wildman–Crippen LogP) is 3.06. The highest BCUT2D eigenvalue weighted by atomic mass is 35.5. The molecule has 0 atom stereocenters. The van der Waals surface area contributed by atoms with Crippen LogP contribution in [0.5, 0.6) is 0 Å². The van der Waals surface area contributed by atoms with Gasteiger partial charge in [0, 0.05) is 7.05 Å². The molecule has 0 unspecified atom stereocenters. The van der Waals surface area contributed by atoms with E-state index in [4.69, 9.17) is 17.3 Å². The normalized spacial score (nSPS) is 11.3. The Hall–Kier alpha value is -1.72. The predicted molar refractivity (Wildman–Crippen MR) is 82.6 cm³/mol. The van der Waals surface area contributed by atoms with Crippen LogP contribution in [0.3, 0.4) is 0 Å². The van der Waals surface area contributed by atoms with E-state index in [1.807, 2.05) is 6.07 Å². The third kappa shape index (κ3) is 2.59. The fraction of sp³-hybridized carbons (Fsp3) is 0.143. The van der Waals surface area contributed by atoms with E-state index >= 15 is 0 Å². The maximum absolute atomic E-state index is 12.6. The first-order chi connectivity index (χ1) is 9.34. The van der Waals surface area contributed by atoms with E-state index in [-0.39, 0.29) is 10.6 Å². The average molecular weight is 311 g/mol. The van der Waals surface area contributed by atoms with Gasteiger partial charge in [0.25, 0.3) is 10.0 Å². The van der Waals surface area contributed by atoms with Crippen LogP contribution in [0, 0.1) is 6.92 Å². The Morgan fingerprint density at radius 1 is 1.15 bits per heavy atom.